The number of likely N-dealkylation sites (N-methyl/N-ethyl adjacent to an activating group) is 1. The van der Waals surface area contributed by atoms with E-state index in [1.165, 1.54) is 0 Å². The van der Waals surface area contributed by atoms with Crippen LogP contribution in [0.4, 0.5) is 0 Å². The van der Waals surface area contributed by atoms with E-state index in [0.717, 1.165) is 12.1 Å². The topological polar surface area (TPSA) is 56.1 Å². The van der Waals surface area contributed by atoms with Gasteiger partial charge in [-0.05, 0) is 24.2 Å². The van der Waals surface area contributed by atoms with Gasteiger partial charge in [0.1, 0.15) is 0 Å². The van der Waals surface area contributed by atoms with Crippen molar-refractivity contribution in [3.63, 3.8) is 0 Å². The average Bonchev–Trinajstić information content (AvgIpc) is 2.42. The summed E-state index contributed by atoms with van der Waals surface area (Å²) in [4.78, 5) is 13.7. The first-order valence-electron chi connectivity index (χ1n) is 6.36. The van der Waals surface area contributed by atoms with Crippen molar-refractivity contribution in [3.8, 4) is 6.07 Å². The number of nitrogens with zero attached hydrogens (tertiary/aromatic N) is 2. The summed E-state index contributed by atoms with van der Waals surface area (Å²) in [5, 5.41) is 12.2. The first kappa shape index (κ1) is 16.8. The molecule has 0 saturated carbocycles. The van der Waals surface area contributed by atoms with Crippen LogP contribution in [0.1, 0.15) is 18.9 Å². The van der Waals surface area contributed by atoms with Gasteiger partial charge in [0.05, 0.1) is 29.1 Å². The van der Waals surface area contributed by atoms with Gasteiger partial charge in [0.2, 0.25) is 5.91 Å². The monoisotopic (exact) mass is 313 g/mol. The lowest BCUT2D eigenvalue weighted by molar-refractivity contribution is -0.122. The second-order valence-electron chi connectivity index (χ2n) is 4.31. The van der Waals surface area contributed by atoms with Gasteiger partial charge in [0.15, 0.2) is 0 Å². The average molecular weight is 314 g/mol. The molecule has 4 nitrogen and oxygen atoms in total. The van der Waals surface area contributed by atoms with Crippen LogP contribution >= 0.6 is 23.2 Å². The molecule has 0 aliphatic rings. The molecule has 1 amide bonds. The van der Waals surface area contributed by atoms with Crippen molar-refractivity contribution < 1.29 is 4.79 Å². The third-order valence-electron chi connectivity index (χ3n) is 2.76. The maximum Gasteiger partial charge on any atom is 0.234 e. The lowest BCUT2D eigenvalue weighted by Gasteiger charge is -2.20. The first-order chi connectivity index (χ1) is 9.56. The number of nitriles is 1. The van der Waals surface area contributed by atoms with Gasteiger partial charge in [-0.1, -0.05) is 36.2 Å². The quantitative estimate of drug-likeness (QED) is 0.787. The number of amides is 1. The zero-order valence-electron chi connectivity index (χ0n) is 11.3. The van der Waals surface area contributed by atoms with Crippen molar-refractivity contribution in [2.75, 3.05) is 19.6 Å². The molecule has 20 heavy (non-hydrogen) atoms. The predicted molar refractivity (Wildman–Crippen MR) is 80.7 cm³/mol. The number of carbonyl (C=O) groups excluding carboxylic acids is 1. The SMILES string of the molecule is CCN(CC(=O)NCCC#N)Cc1ccc(Cl)c(Cl)c1. The fourth-order valence-corrected chi connectivity index (χ4v) is 2.01. The molecule has 0 radical (unpaired) electrons. The zero-order valence-corrected chi connectivity index (χ0v) is 12.8. The van der Waals surface area contributed by atoms with E-state index < -0.39 is 0 Å². The van der Waals surface area contributed by atoms with Gasteiger partial charge in [-0.3, -0.25) is 9.69 Å². The van der Waals surface area contributed by atoms with Gasteiger partial charge >= 0.3 is 0 Å². The highest BCUT2D eigenvalue weighted by Gasteiger charge is 2.10. The third kappa shape index (κ3) is 5.79. The minimum atomic E-state index is -0.0813. The molecule has 1 aromatic carbocycles. The summed E-state index contributed by atoms with van der Waals surface area (Å²) in [6.45, 7) is 4.03. The lowest BCUT2D eigenvalue weighted by Crippen LogP contribution is -2.37. The Balaban J connectivity index is 2.52. The molecule has 0 fully saturated rings. The molecule has 0 spiro atoms. The van der Waals surface area contributed by atoms with Crippen LogP contribution in [0.2, 0.25) is 10.0 Å². The first-order valence-corrected chi connectivity index (χ1v) is 7.12. The van der Waals surface area contributed by atoms with Crippen molar-refractivity contribution in [3.05, 3.63) is 33.8 Å². The molecular weight excluding hydrogens is 297 g/mol. The van der Waals surface area contributed by atoms with Gasteiger partial charge in [0.25, 0.3) is 0 Å². The van der Waals surface area contributed by atoms with E-state index in [2.05, 4.69) is 5.32 Å². The molecule has 0 aliphatic heterocycles. The number of benzene rings is 1. The maximum atomic E-state index is 11.7. The third-order valence-corrected chi connectivity index (χ3v) is 3.50. The molecule has 0 aromatic heterocycles. The molecule has 0 unspecified atom stereocenters. The summed E-state index contributed by atoms with van der Waals surface area (Å²) in [6.07, 6.45) is 0.324. The van der Waals surface area contributed by atoms with Crippen LogP contribution in [0.3, 0.4) is 0 Å². The molecule has 1 N–H and O–H groups in total. The Hall–Kier alpha value is -1.28. The molecule has 1 aromatic rings. The zero-order chi connectivity index (χ0) is 15.0. The van der Waals surface area contributed by atoms with Crippen molar-refractivity contribution in [2.45, 2.75) is 19.9 Å². The van der Waals surface area contributed by atoms with Crippen LogP contribution in [0.25, 0.3) is 0 Å². The molecule has 0 aliphatic carbocycles. The second-order valence-corrected chi connectivity index (χ2v) is 5.12. The summed E-state index contributed by atoms with van der Waals surface area (Å²) in [5.41, 5.74) is 1.01. The summed E-state index contributed by atoms with van der Waals surface area (Å²) >= 11 is 11.8. The summed E-state index contributed by atoms with van der Waals surface area (Å²) in [5.74, 6) is -0.0813. The van der Waals surface area contributed by atoms with Crippen LogP contribution in [-0.2, 0) is 11.3 Å². The largest absolute Gasteiger partial charge is 0.354 e. The van der Waals surface area contributed by atoms with Crippen LogP contribution in [-0.4, -0.2) is 30.4 Å². The predicted octanol–water partition coefficient (Wildman–Crippen LogP) is 2.85. The Morgan fingerprint density at radius 1 is 1.40 bits per heavy atom. The highest BCUT2D eigenvalue weighted by atomic mass is 35.5. The van der Waals surface area contributed by atoms with E-state index in [0.29, 0.717) is 36.1 Å². The van der Waals surface area contributed by atoms with Crippen LogP contribution in [0.15, 0.2) is 18.2 Å². The second kappa shape index (κ2) is 8.80. The van der Waals surface area contributed by atoms with E-state index in [-0.39, 0.29) is 5.91 Å². The van der Waals surface area contributed by atoms with Crippen molar-refractivity contribution in [2.24, 2.45) is 0 Å². The Morgan fingerprint density at radius 3 is 2.75 bits per heavy atom. The normalized spacial score (nSPS) is 10.3. The minimum Gasteiger partial charge on any atom is -0.354 e. The van der Waals surface area contributed by atoms with E-state index in [1.807, 2.05) is 24.0 Å². The number of hydrogen-bond acceptors (Lipinski definition) is 3. The van der Waals surface area contributed by atoms with Crippen molar-refractivity contribution >= 4 is 29.1 Å². The molecule has 0 atom stereocenters. The van der Waals surface area contributed by atoms with Gasteiger partial charge in [-0.2, -0.15) is 5.26 Å². The van der Waals surface area contributed by atoms with Crippen LogP contribution in [0, 0.1) is 11.3 Å². The fraction of sp³-hybridized carbons (Fsp3) is 0.429. The van der Waals surface area contributed by atoms with Crippen molar-refractivity contribution in [1.29, 1.82) is 5.26 Å². The number of hydrogen-bond donors (Lipinski definition) is 1. The van der Waals surface area contributed by atoms with E-state index in [9.17, 15) is 4.79 Å². The van der Waals surface area contributed by atoms with Gasteiger partial charge in [-0.15, -0.1) is 0 Å². The van der Waals surface area contributed by atoms with E-state index in [4.69, 9.17) is 28.5 Å². The standard InChI is InChI=1S/C14H17Cl2N3O/c1-2-19(10-14(20)18-7-3-6-17)9-11-4-5-12(15)13(16)8-11/h4-5,8H,2-3,7,9-10H2,1H3,(H,18,20). The molecular formula is C14H17Cl2N3O. The van der Waals surface area contributed by atoms with Gasteiger partial charge < -0.3 is 5.32 Å². The number of halogens is 2. The highest BCUT2D eigenvalue weighted by molar-refractivity contribution is 6.42. The Bertz CT molecular complexity index is 500. The molecule has 0 bridgehead atoms. The van der Waals surface area contributed by atoms with E-state index >= 15 is 0 Å². The lowest BCUT2D eigenvalue weighted by atomic mass is 10.2. The van der Waals surface area contributed by atoms with Crippen LogP contribution in [0.5, 0.6) is 0 Å². The molecule has 108 valence electrons. The van der Waals surface area contributed by atoms with Gasteiger partial charge in [0, 0.05) is 13.1 Å². The molecule has 1 rings (SSSR count). The number of carbonyl (C=O) groups is 1. The highest BCUT2D eigenvalue weighted by Crippen LogP contribution is 2.23. The molecule has 6 heteroatoms. The Labute approximate surface area is 129 Å². The smallest absolute Gasteiger partial charge is 0.234 e. The number of rotatable bonds is 7. The van der Waals surface area contributed by atoms with Crippen molar-refractivity contribution in [1.82, 2.24) is 10.2 Å². The summed E-state index contributed by atoms with van der Waals surface area (Å²) in [6, 6.07) is 7.44. The van der Waals surface area contributed by atoms with Crippen LogP contribution < -0.4 is 5.32 Å². The number of nitrogens with one attached hydrogen (secondary N) is 1. The van der Waals surface area contributed by atoms with E-state index in [1.54, 1.807) is 12.1 Å². The maximum absolute atomic E-state index is 11.7. The fourth-order valence-electron chi connectivity index (χ4n) is 1.69. The minimum absolute atomic E-state index is 0.0813. The summed E-state index contributed by atoms with van der Waals surface area (Å²) in [7, 11) is 0. The van der Waals surface area contributed by atoms with Gasteiger partial charge in [-0.25, -0.2) is 0 Å². The Kier molecular flexibility index (Phi) is 7.38. The Morgan fingerprint density at radius 2 is 2.15 bits per heavy atom. The molecule has 0 saturated heterocycles. The molecule has 0 heterocycles. The summed E-state index contributed by atoms with van der Waals surface area (Å²) < 4.78 is 0.